The zero-order valence-electron chi connectivity index (χ0n) is 5.25. The first-order valence-electron chi connectivity index (χ1n) is 2.65. The van der Waals surface area contributed by atoms with Gasteiger partial charge >= 0.3 is 12.2 Å². The third-order valence-corrected chi connectivity index (χ3v) is 0.864. The monoisotopic (exact) mass is 156 g/mol. The van der Waals surface area contributed by atoms with Crippen molar-refractivity contribution in [3.8, 4) is 6.07 Å². The topological polar surface area (TPSA) is 62.5 Å². The molecule has 56 valence electrons. The summed E-state index contributed by atoms with van der Waals surface area (Å²) in [4.78, 5) is 8.80. The van der Waals surface area contributed by atoms with Crippen molar-refractivity contribution < 1.29 is 8.78 Å². The Morgan fingerprint density at radius 3 is 2.18 bits per heavy atom. The lowest BCUT2D eigenvalue weighted by molar-refractivity contribution is 0.446. The molecule has 6 heteroatoms. The predicted molar refractivity (Wildman–Crippen MR) is 29.1 cm³/mol. The predicted octanol–water partition coefficient (Wildman–Crippen LogP) is 0.216. The molecule has 1 aromatic heterocycles. The molecule has 0 N–H and O–H groups in total. The summed E-state index contributed by atoms with van der Waals surface area (Å²) in [5, 5.41) is 8.11. The van der Waals surface area contributed by atoms with Gasteiger partial charge in [-0.15, -0.1) is 0 Å². The molecule has 1 aromatic rings. The molecule has 0 saturated heterocycles. The zero-order chi connectivity index (χ0) is 8.27. The number of rotatable bonds is 1. The summed E-state index contributed by atoms with van der Waals surface area (Å²) in [6.07, 6.45) is -2.64. The van der Waals surface area contributed by atoms with E-state index in [4.69, 9.17) is 5.26 Å². The van der Waals surface area contributed by atoms with Crippen LogP contribution in [0.15, 0.2) is 0 Å². The van der Waals surface area contributed by atoms with Crippen LogP contribution in [-0.4, -0.2) is 15.0 Å². The summed E-state index contributed by atoms with van der Waals surface area (Å²) in [7, 11) is 0. The van der Waals surface area contributed by atoms with E-state index in [0.29, 0.717) is 0 Å². The third-order valence-electron chi connectivity index (χ3n) is 0.864. The molecule has 11 heavy (non-hydrogen) atoms. The van der Waals surface area contributed by atoms with Gasteiger partial charge in [0.25, 0.3) is 0 Å². The normalized spacial score (nSPS) is 9.18. The maximum absolute atomic E-state index is 12.1. The van der Waals surface area contributed by atoms with Crippen LogP contribution < -0.4 is 0 Å². The van der Waals surface area contributed by atoms with E-state index in [1.54, 1.807) is 6.07 Å². The van der Waals surface area contributed by atoms with E-state index in [1.165, 1.54) is 0 Å². The molecule has 4 nitrogen and oxygen atoms in total. The molecule has 0 aliphatic carbocycles. The van der Waals surface area contributed by atoms with Crippen molar-refractivity contribution in [3.63, 3.8) is 0 Å². The number of nitrogens with zero attached hydrogens (tertiary/aromatic N) is 4. The summed E-state index contributed by atoms with van der Waals surface area (Å²) in [6, 6.07) is 1.65. The molecule has 0 bridgehead atoms. The van der Waals surface area contributed by atoms with Crippen LogP contribution in [0.5, 0.6) is 0 Å². The highest BCUT2D eigenvalue weighted by molar-refractivity contribution is 4.92. The van der Waals surface area contributed by atoms with Gasteiger partial charge in [-0.2, -0.15) is 29.0 Å². The highest BCUT2D eigenvalue weighted by atomic mass is 19.1. The zero-order valence-corrected chi connectivity index (χ0v) is 5.25. The van der Waals surface area contributed by atoms with Crippen LogP contribution in [0.1, 0.15) is 5.82 Å². The van der Waals surface area contributed by atoms with E-state index in [2.05, 4.69) is 15.0 Å². The number of hydrogen-bond donors (Lipinski definition) is 0. The number of aromatic nitrogens is 3. The van der Waals surface area contributed by atoms with Gasteiger partial charge in [-0.05, 0) is 0 Å². The minimum Gasteiger partial charge on any atom is -0.198 e. The van der Waals surface area contributed by atoms with Gasteiger partial charge in [0.15, 0.2) is 5.82 Å². The van der Waals surface area contributed by atoms with E-state index < -0.39 is 12.2 Å². The van der Waals surface area contributed by atoms with Gasteiger partial charge in [0, 0.05) is 0 Å². The Morgan fingerprint density at radius 2 is 1.73 bits per heavy atom. The van der Waals surface area contributed by atoms with E-state index in [-0.39, 0.29) is 12.2 Å². The molecule has 0 fully saturated rings. The first kappa shape index (κ1) is 7.47. The molecule has 1 heterocycles. The Morgan fingerprint density at radius 1 is 1.18 bits per heavy atom. The average Bonchev–Trinajstić information content (AvgIpc) is 1.85. The maximum atomic E-state index is 12.1. The second-order valence-corrected chi connectivity index (χ2v) is 1.62. The van der Waals surface area contributed by atoms with Crippen LogP contribution in [0.3, 0.4) is 0 Å². The molecule has 0 spiro atoms. The smallest absolute Gasteiger partial charge is 0.198 e. The fourth-order valence-electron chi connectivity index (χ4n) is 0.514. The first-order chi connectivity index (χ1) is 5.22. The lowest BCUT2D eigenvalue weighted by Crippen LogP contribution is -2.03. The molecule has 0 radical (unpaired) electrons. The Hall–Kier alpha value is -1.64. The maximum Gasteiger partial charge on any atom is 0.314 e. The molecule has 0 aliphatic rings. The van der Waals surface area contributed by atoms with Crippen molar-refractivity contribution >= 4 is 0 Å². The third kappa shape index (κ3) is 1.89. The van der Waals surface area contributed by atoms with Crippen molar-refractivity contribution in [2.75, 3.05) is 0 Å². The SMILES string of the molecule is N#CCc1nc(F)nc(F)n1. The average molecular weight is 156 g/mol. The minimum atomic E-state index is -1.21. The van der Waals surface area contributed by atoms with E-state index in [0.717, 1.165) is 0 Å². The van der Waals surface area contributed by atoms with Crippen LogP contribution >= 0.6 is 0 Å². The summed E-state index contributed by atoms with van der Waals surface area (Å²) in [5.74, 6) is -0.197. The first-order valence-corrected chi connectivity index (χ1v) is 2.65. The van der Waals surface area contributed by atoms with Crippen molar-refractivity contribution in [1.82, 2.24) is 15.0 Å². The fourth-order valence-corrected chi connectivity index (χ4v) is 0.514. The standard InChI is InChI=1S/C5H2F2N4/c6-4-9-3(1-2-8)10-5(7)11-4/h1H2. The quantitative estimate of drug-likeness (QED) is 0.583. The van der Waals surface area contributed by atoms with E-state index in [9.17, 15) is 8.78 Å². The number of nitriles is 1. The van der Waals surface area contributed by atoms with Gasteiger partial charge in [-0.1, -0.05) is 0 Å². The molecule has 0 saturated carbocycles. The molecule has 0 aliphatic heterocycles. The van der Waals surface area contributed by atoms with Gasteiger partial charge in [0.2, 0.25) is 0 Å². The van der Waals surface area contributed by atoms with Crippen LogP contribution in [-0.2, 0) is 6.42 Å². The van der Waals surface area contributed by atoms with Crippen molar-refractivity contribution in [1.29, 1.82) is 5.26 Å². The summed E-state index contributed by atoms with van der Waals surface area (Å²) in [5.41, 5.74) is 0. The van der Waals surface area contributed by atoms with Gasteiger partial charge in [0.05, 0.1) is 12.5 Å². The number of hydrogen-bond acceptors (Lipinski definition) is 4. The van der Waals surface area contributed by atoms with Gasteiger partial charge in [0.1, 0.15) is 0 Å². The lowest BCUT2D eigenvalue weighted by atomic mass is 10.4. The largest absolute Gasteiger partial charge is 0.314 e. The van der Waals surface area contributed by atoms with Gasteiger partial charge in [-0.3, -0.25) is 0 Å². The van der Waals surface area contributed by atoms with Crippen molar-refractivity contribution in [2.24, 2.45) is 0 Å². The molecule has 1 rings (SSSR count). The second kappa shape index (κ2) is 2.96. The second-order valence-electron chi connectivity index (χ2n) is 1.62. The van der Waals surface area contributed by atoms with Gasteiger partial charge in [-0.25, -0.2) is 0 Å². The van der Waals surface area contributed by atoms with E-state index in [1.807, 2.05) is 0 Å². The Balaban J connectivity index is 3.01. The highest BCUT2D eigenvalue weighted by Crippen LogP contribution is 1.93. The lowest BCUT2D eigenvalue weighted by Gasteiger charge is -1.91. The molecule has 0 amide bonds. The van der Waals surface area contributed by atoms with Crippen LogP contribution in [0.4, 0.5) is 8.78 Å². The molecule has 0 unspecified atom stereocenters. The molecule has 0 aromatic carbocycles. The summed E-state index contributed by atoms with van der Waals surface area (Å²) >= 11 is 0. The summed E-state index contributed by atoms with van der Waals surface area (Å²) < 4.78 is 24.3. The molecular weight excluding hydrogens is 154 g/mol. The van der Waals surface area contributed by atoms with Gasteiger partial charge < -0.3 is 0 Å². The fraction of sp³-hybridized carbons (Fsp3) is 0.200. The van der Waals surface area contributed by atoms with Crippen LogP contribution in [0.2, 0.25) is 0 Å². The van der Waals surface area contributed by atoms with Crippen molar-refractivity contribution in [2.45, 2.75) is 6.42 Å². The highest BCUT2D eigenvalue weighted by Gasteiger charge is 2.03. The number of halogens is 2. The van der Waals surface area contributed by atoms with E-state index >= 15 is 0 Å². The Labute approximate surface area is 60.5 Å². The Kier molecular flexibility index (Phi) is 2.01. The molecular formula is C5H2F2N4. The van der Waals surface area contributed by atoms with Crippen LogP contribution in [0.25, 0.3) is 0 Å². The van der Waals surface area contributed by atoms with Crippen LogP contribution in [0, 0.1) is 23.5 Å². The molecule has 0 atom stereocenters. The van der Waals surface area contributed by atoms with Crippen molar-refractivity contribution in [3.05, 3.63) is 18.0 Å². The minimum absolute atomic E-state index is 0.197. The Bertz CT molecular complexity index is 286. The summed E-state index contributed by atoms with van der Waals surface area (Å²) in [6.45, 7) is 0.